The second-order valence-electron chi connectivity index (χ2n) is 4.57. The van der Waals surface area contributed by atoms with Crippen molar-refractivity contribution in [1.82, 2.24) is 4.98 Å². The van der Waals surface area contributed by atoms with Gasteiger partial charge in [-0.3, -0.25) is 4.79 Å². The number of ether oxygens (including phenoxy) is 1. The zero-order chi connectivity index (χ0) is 11.8. The van der Waals surface area contributed by atoms with Crippen LogP contribution in [0.15, 0.2) is 18.3 Å². The van der Waals surface area contributed by atoms with Gasteiger partial charge in [0.05, 0.1) is 18.1 Å². The van der Waals surface area contributed by atoms with Crippen LogP contribution in [0.25, 0.3) is 0 Å². The minimum absolute atomic E-state index is 0.00910. The van der Waals surface area contributed by atoms with Crippen molar-refractivity contribution in [3.63, 3.8) is 0 Å². The van der Waals surface area contributed by atoms with Gasteiger partial charge in [0.15, 0.2) is 0 Å². The summed E-state index contributed by atoms with van der Waals surface area (Å²) in [5.74, 6) is 0.680. The van der Waals surface area contributed by atoms with Crippen LogP contribution in [0.2, 0.25) is 0 Å². The molecule has 90 valence electrons. The first-order valence-corrected chi connectivity index (χ1v) is 6.88. The average Bonchev–Trinajstić information content (AvgIpc) is 2.94. The Bertz CT molecular complexity index is 435. The Kier molecular flexibility index (Phi) is 3.04. The highest BCUT2D eigenvalue weighted by molar-refractivity contribution is 14.1. The summed E-state index contributed by atoms with van der Waals surface area (Å²) < 4.78 is 6.74. The predicted octanol–water partition coefficient (Wildman–Crippen LogP) is 2.19. The predicted molar refractivity (Wildman–Crippen MR) is 71.6 cm³/mol. The summed E-state index contributed by atoms with van der Waals surface area (Å²) in [4.78, 5) is 16.2. The maximum Gasteiger partial charge on any atom is 0.231 e. The van der Waals surface area contributed by atoms with E-state index in [1.54, 1.807) is 6.20 Å². The van der Waals surface area contributed by atoms with E-state index >= 15 is 0 Å². The summed E-state index contributed by atoms with van der Waals surface area (Å²) in [5.41, 5.74) is 0. The summed E-state index contributed by atoms with van der Waals surface area (Å²) in [7, 11) is 0. The molecule has 3 atom stereocenters. The number of aromatic nitrogens is 1. The van der Waals surface area contributed by atoms with Gasteiger partial charge in [-0.05, 0) is 54.0 Å². The van der Waals surface area contributed by atoms with Crippen LogP contribution in [-0.4, -0.2) is 23.1 Å². The number of rotatable bonds is 2. The van der Waals surface area contributed by atoms with Crippen LogP contribution in [-0.2, 0) is 9.53 Å². The monoisotopic (exact) mass is 344 g/mol. The van der Waals surface area contributed by atoms with Crippen molar-refractivity contribution in [2.75, 3.05) is 5.32 Å². The molecule has 5 heteroatoms. The molecular weight excluding hydrogens is 331 g/mol. The molecule has 3 heterocycles. The molecule has 0 saturated carbocycles. The van der Waals surface area contributed by atoms with Crippen LogP contribution in [0.5, 0.6) is 0 Å². The van der Waals surface area contributed by atoms with Gasteiger partial charge < -0.3 is 10.1 Å². The van der Waals surface area contributed by atoms with Crippen molar-refractivity contribution >= 4 is 34.3 Å². The Hall–Kier alpha value is -0.690. The van der Waals surface area contributed by atoms with Gasteiger partial charge in [0.1, 0.15) is 5.82 Å². The van der Waals surface area contributed by atoms with Crippen molar-refractivity contribution in [3.8, 4) is 0 Å². The molecule has 2 aliphatic rings. The van der Waals surface area contributed by atoms with Crippen molar-refractivity contribution in [3.05, 3.63) is 21.9 Å². The summed E-state index contributed by atoms with van der Waals surface area (Å²) in [6.07, 6.45) is 5.16. The van der Waals surface area contributed by atoms with Gasteiger partial charge in [0.2, 0.25) is 5.91 Å². The number of carbonyl (C=O) groups is 1. The summed E-state index contributed by atoms with van der Waals surface area (Å²) >= 11 is 2.19. The number of hydrogen-bond acceptors (Lipinski definition) is 3. The lowest BCUT2D eigenvalue weighted by Crippen LogP contribution is -2.30. The second kappa shape index (κ2) is 4.53. The third-order valence-corrected chi connectivity index (χ3v) is 4.06. The van der Waals surface area contributed by atoms with E-state index in [0.717, 1.165) is 22.8 Å². The number of halogens is 1. The van der Waals surface area contributed by atoms with Gasteiger partial charge in [-0.2, -0.15) is 0 Å². The highest BCUT2D eigenvalue weighted by atomic mass is 127. The molecule has 2 saturated heterocycles. The number of anilines is 1. The number of amides is 1. The minimum Gasteiger partial charge on any atom is -0.374 e. The largest absolute Gasteiger partial charge is 0.374 e. The van der Waals surface area contributed by atoms with Gasteiger partial charge >= 0.3 is 0 Å². The van der Waals surface area contributed by atoms with Crippen LogP contribution in [0.4, 0.5) is 5.82 Å². The molecule has 1 aromatic rings. The van der Waals surface area contributed by atoms with Crippen molar-refractivity contribution in [2.45, 2.75) is 31.5 Å². The van der Waals surface area contributed by atoms with E-state index in [1.165, 1.54) is 0 Å². The lowest BCUT2D eigenvalue weighted by molar-refractivity contribution is -0.121. The Morgan fingerprint density at radius 2 is 2.35 bits per heavy atom. The van der Waals surface area contributed by atoms with Crippen molar-refractivity contribution in [1.29, 1.82) is 0 Å². The van der Waals surface area contributed by atoms with E-state index in [2.05, 4.69) is 32.9 Å². The van der Waals surface area contributed by atoms with E-state index in [0.29, 0.717) is 11.9 Å². The molecule has 1 aromatic heterocycles. The maximum atomic E-state index is 12.1. The minimum atomic E-state index is 0.00910. The molecule has 17 heavy (non-hydrogen) atoms. The summed E-state index contributed by atoms with van der Waals surface area (Å²) in [6, 6.07) is 3.76. The topological polar surface area (TPSA) is 51.2 Å². The lowest BCUT2D eigenvalue weighted by Gasteiger charge is -2.17. The number of carbonyl (C=O) groups excluding carboxylic acids is 1. The van der Waals surface area contributed by atoms with E-state index in [4.69, 9.17) is 4.74 Å². The molecule has 2 fully saturated rings. The molecule has 4 nitrogen and oxygen atoms in total. The second-order valence-corrected chi connectivity index (χ2v) is 5.81. The molecular formula is C12H13IN2O2. The third kappa shape index (κ3) is 2.30. The summed E-state index contributed by atoms with van der Waals surface area (Å²) in [6.45, 7) is 0. The van der Waals surface area contributed by atoms with Crippen LogP contribution < -0.4 is 5.32 Å². The van der Waals surface area contributed by atoms with Gasteiger partial charge in [0, 0.05) is 9.77 Å². The lowest BCUT2D eigenvalue weighted by atomic mass is 9.88. The Morgan fingerprint density at radius 1 is 1.47 bits per heavy atom. The number of nitrogens with zero attached hydrogens (tertiary/aromatic N) is 1. The average molecular weight is 344 g/mol. The van der Waals surface area contributed by atoms with Gasteiger partial charge in [-0.15, -0.1) is 0 Å². The van der Waals surface area contributed by atoms with Crippen molar-refractivity contribution < 1.29 is 9.53 Å². The van der Waals surface area contributed by atoms with E-state index in [1.807, 2.05) is 12.1 Å². The first-order valence-electron chi connectivity index (χ1n) is 5.80. The third-order valence-electron chi connectivity index (χ3n) is 3.42. The molecule has 1 N–H and O–H groups in total. The molecule has 2 bridgehead atoms. The zero-order valence-corrected chi connectivity index (χ0v) is 11.4. The number of hydrogen-bond donors (Lipinski definition) is 1. The molecule has 0 aromatic carbocycles. The fourth-order valence-corrected chi connectivity index (χ4v) is 2.90. The maximum absolute atomic E-state index is 12.1. The molecule has 0 radical (unpaired) electrons. The highest BCUT2D eigenvalue weighted by Crippen LogP contribution is 2.39. The zero-order valence-electron chi connectivity index (χ0n) is 9.23. The Morgan fingerprint density at radius 3 is 2.94 bits per heavy atom. The molecule has 0 aliphatic carbocycles. The first-order chi connectivity index (χ1) is 8.22. The van der Waals surface area contributed by atoms with E-state index < -0.39 is 0 Å². The highest BCUT2D eigenvalue weighted by Gasteiger charge is 2.44. The Labute approximate surface area is 113 Å². The van der Waals surface area contributed by atoms with Gasteiger partial charge in [-0.1, -0.05) is 0 Å². The fraction of sp³-hybridized carbons (Fsp3) is 0.500. The number of fused-ring (bicyclic) bond motifs is 2. The standard InChI is InChI=1S/C12H13IN2O2/c13-7-1-4-11(14-6-7)15-12(16)9-5-8-2-3-10(9)17-8/h1,4,6,8-10H,2-3,5H2,(H,14,15,16)/t8-,9+,10-/m1/s1. The van der Waals surface area contributed by atoms with E-state index in [-0.39, 0.29) is 17.9 Å². The van der Waals surface area contributed by atoms with Crippen LogP contribution >= 0.6 is 22.6 Å². The molecule has 0 unspecified atom stereocenters. The van der Waals surface area contributed by atoms with E-state index in [9.17, 15) is 4.79 Å². The molecule has 0 spiro atoms. The normalized spacial score (nSPS) is 30.5. The smallest absolute Gasteiger partial charge is 0.231 e. The molecule has 2 aliphatic heterocycles. The van der Waals surface area contributed by atoms with Crippen LogP contribution in [0.1, 0.15) is 19.3 Å². The fourth-order valence-electron chi connectivity index (χ4n) is 2.58. The SMILES string of the molecule is O=C(Nc1ccc(I)cn1)[C@H]1C[C@H]2CC[C@H]1O2. The van der Waals surface area contributed by atoms with Gasteiger partial charge in [-0.25, -0.2) is 4.98 Å². The molecule has 1 amide bonds. The first kappa shape index (κ1) is 11.4. The number of pyridine rings is 1. The summed E-state index contributed by atoms with van der Waals surface area (Å²) in [5, 5.41) is 2.86. The van der Waals surface area contributed by atoms with Crippen LogP contribution in [0.3, 0.4) is 0 Å². The number of nitrogens with one attached hydrogen (secondary N) is 1. The Balaban J connectivity index is 1.65. The quantitative estimate of drug-likeness (QED) is 0.837. The molecule has 3 rings (SSSR count). The van der Waals surface area contributed by atoms with Crippen molar-refractivity contribution in [2.24, 2.45) is 5.92 Å². The van der Waals surface area contributed by atoms with Crippen LogP contribution in [0, 0.1) is 9.49 Å². The van der Waals surface area contributed by atoms with Gasteiger partial charge in [0.25, 0.3) is 0 Å².